The number of anilines is 2. The predicted octanol–water partition coefficient (Wildman–Crippen LogP) is 2.19. The van der Waals surface area contributed by atoms with Gasteiger partial charge < -0.3 is 15.7 Å². The van der Waals surface area contributed by atoms with Crippen molar-refractivity contribution in [3.05, 3.63) is 30.3 Å². The molecule has 0 aliphatic carbocycles. The molecule has 3 N–H and O–H groups in total. The van der Waals surface area contributed by atoms with Gasteiger partial charge in [0.05, 0.1) is 5.69 Å². The third-order valence-electron chi connectivity index (χ3n) is 2.52. The maximum absolute atomic E-state index is 9.70. The first kappa shape index (κ1) is 9.65. The van der Waals surface area contributed by atoms with Gasteiger partial charge in [0, 0.05) is 36.6 Å². The molecule has 2 aromatic rings. The number of phenolic OH excluding ortho intramolecular Hbond substituents is 1. The molecule has 15 heavy (non-hydrogen) atoms. The fraction of sp³-hybridized carbons (Fsp3) is 0.167. The lowest BCUT2D eigenvalue weighted by atomic mass is 10.1. The summed E-state index contributed by atoms with van der Waals surface area (Å²) in [7, 11) is 3.88. The Morgan fingerprint density at radius 2 is 1.73 bits per heavy atom. The number of hydrogen-bond donors (Lipinski definition) is 2. The molecule has 0 amide bonds. The van der Waals surface area contributed by atoms with Gasteiger partial charge in [0.15, 0.2) is 0 Å². The first-order chi connectivity index (χ1) is 7.11. The lowest BCUT2D eigenvalue weighted by Crippen LogP contribution is -2.09. The van der Waals surface area contributed by atoms with Crippen molar-refractivity contribution in [2.75, 3.05) is 24.7 Å². The summed E-state index contributed by atoms with van der Waals surface area (Å²) in [5.41, 5.74) is 7.23. The van der Waals surface area contributed by atoms with Crippen LogP contribution in [-0.2, 0) is 0 Å². The Morgan fingerprint density at radius 3 is 2.33 bits per heavy atom. The molecule has 0 aliphatic rings. The number of nitrogens with two attached hydrogens (primary N) is 1. The SMILES string of the molecule is CN(C)c1cc(O)c(N)c2ccccc12. The monoisotopic (exact) mass is 202 g/mol. The highest BCUT2D eigenvalue weighted by molar-refractivity contribution is 6.03. The Bertz CT molecular complexity index is 506. The van der Waals surface area contributed by atoms with Gasteiger partial charge in [0.25, 0.3) is 0 Å². The molecule has 2 aromatic carbocycles. The van der Waals surface area contributed by atoms with Crippen molar-refractivity contribution in [3.63, 3.8) is 0 Å². The van der Waals surface area contributed by atoms with E-state index in [0.29, 0.717) is 5.69 Å². The zero-order valence-corrected chi connectivity index (χ0v) is 8.86. The maximum atomic E-state index is 9.70. The van der Waals surface area contributed by atoms with Crippen molar-refractivity contribution in [3.8, 4) is 5.75 Å². The Labute approximate surface area is 88.7 Å². The summed E-state index contributed by atoms with van der Waals surface area (Å²) in [6.45, 7) is 0. The van der Waals surface area contributed by atoms with E-state index in [1.165, 1.54) is 0 Å². The number of aromatic hydroxyl groups is 1. The number of phenols is 1. The van der Waals surface area contributed by atoms with Crippen LogP contribution in [0.15, 0.2) is 30.3 Å². The zero-order valence-electron chi connectivity index (χ0n) is 8.86. The molecule has 0 heterocycles. The molecule has 0 bridgehead atoms. The van der Waals surface area contributed by atoms with Gasteiger partial charge in [-0.25, -0.2) is 0 Å². The van der Waals surface area contributed by atoms with E-state index < -0.39 is 0 Å². The molecule has 0 saturated heterocycles. The van der Waals surface area contributed by atoms with Gasteiger partial charge in [-0.3, -0.25) is 0 Å². The second-order valence-corrected chi connectivity index (χ2v) is 3.77. The van der Waals surface area contributed by atoms with E-state index in [9.17, 15) is 5.11 Å². The molecule has 0 spiro atoms. The lowest BCUT2D eigenvalue weighted by molar-refractivity contribution is 0.479. The van der Waals surface area contributed by atoms with Gasteiger partial charge in [-0.2, -0.15) is 0 Å². The molecule has 2 rings (SSSR count). The predicted molar refractivity (Wildman–Crippen MR) is 64.4 cm³/mol. The number of fused-ring (bicyclic) bond motifs is 1. The summed E-state index contributed by atoms with van der Waals surface area (Å²) in [6.07, 6.45) is 0. The third-order valence-corrected chi connectivity index (χ3v) is 2.52. The molecule has 0 saturated carbocycles. The van der Waals surface area contributed by atoms with Crippen LogP contribution in [0, 0.1) is 0 Å². The summed E-state index contributed by atoms with van der Waals surface area (Å²) in [5, 5.41) is 11.6. The highest BCUT2D eigenvalue weighted by Gasteiger charge is 2.09. The van der Waals surface area contributed by atoms with Gasteiger partial charge in [-0.05, 0) is 0 Å². The first-order valence-electron chi connectivity index (χ1n) is 4.79. The van der Waals surface area contributed by atoms with Crippen molar-refractivity contribution >= 4 is 22.1 Å². The van der Waals surface area contributed by atoms with E-state index in [4.69, 9.17) is 5.73 Å². The van der Waals surface area contributed by atoms with E-state index in [-0.39, 0.29) is 5.75 Å². The largest absolute Gasteiger partial charge is 0.506 e. The smallest absolute Gasteiger partial charge is 0.141 e. The number of nitrogen functional groups attached to an aromatic ring is 1. The average molecular weight is 202 g/mol. The Morgan fingerprint density at radius 1 is 1.13 bits per heavy atom. The quantitative estimate of drug-likeness (QED) is 0.550. The molecule has 0 fully saturated rings. The zero-order chi connectivity index (χ0) is 11.0. The Kier molecular flexibility index (Phi) is 2.15. The summed E-state index contributed by atoms with van der Waals surface area (Å²) in [5.74, 6) is 0.136. The van der Waals surface area contributed by atoms with E-state index in [1.54, 1.807) is 6.07 Å². The standard InChI is InChI=1S/C12H14N2O/c1-14(2)10-7-11(15)12(13)9-6-4-3-5-8(9)10/h3-7,15H,13H2,1-2H3. The van der Waals surface area contributed by atoms with Crippen LogP contribution in [0.3, 0.4) is 0 Å². The van der Waals surface area contributed by atoms with Crippen LogP contribution in [0.4, 0.5) is 11.4 Å². The van der Waals surface area contributed by atoms with Crippen molar-refractivity contribution < 1.29 is 5.11 Å². The topological polar surface area (TPSA) is 49.5 Å². The van der Waals surface area contributed by atoms with E-state index in [0.717, 1.165) is 16.5 Å². The van der Waals surface area contributed by atoms with E-state index >= 15 is 0 Å². The molecule has 0 aliphatic heterocycles. The Balaban J connectivity index is 2.88. The number of hydrogen-bond acceptors (Lipinski definition) is 3. The lowest BCUT2D eigenvalue weighted by Gasteiger charge is -2.17. The van der Waals surface area contributed by atoms with Crippen LogP contribution in [0.25, 0.3) is 10.8 Å². The van der Waals surface area contributed by atoms with Crippen molar-refractivity contribution in [1.82, 2.24) is 0 Å². The van der Waals surface area contributed by atoms with Gasteiger partial charge >= 0.3 is 0 Å². The second kappa shape index (κ2) is 3.35. The van der Waals surface area contributed by atoms with Crippen LogP contribution < -0.4 is 10.6 Å². The van der Waals surface area contributed by atoms with Crippen LogP contribution in [0.1, 0.15) is 0 Å². The summed E-state index contributed by atoms with van der Waals surface area (Å²) < 4.78 is 0. The molecule has 0 aromatic heterocycles. The fourth-order valence-electron chi connectivity index (χ4n) is 1.73. The van der Waals surface area contributed by atoms with Crippen LogP contribution in [0.5, 0.6) is 5.75 Å². The number of benzene rings is 2. The first-order valence-corrected chi connectivity index (χ1v) is 4.79. The minimum atomic E-state index is 0.136. The minimum Gasteiger partial charge on any atom is -0.506 e. The molecule has 0 radical (unpaired) electrons. The van der Waals surface area contributed by atoms with Crippen molar-refractivity contribution in [2.24, 2.45) is 0 Å². The van der Waals surface area contributed by atoms with E-state index in [2.05, 4.69) is 0 Å². The molecule has 3 heteroatoms. The maximum Gasteiger partial charge on any atom is 0.141 e. The number of rotatable bonds is 1. The van der Waals surface area contributed by atoms with Gasteiger partial charge in [0.1, 0.15) is 5.75 Å². The molecule has 0 atom stereocenters. The molecule has 0 unspecified atom stereocenters. The van der Waals surface area contributed by atoms with Crippen molar-refractivity contribution in [1.29, 1.82) is 0 Å². The summed E-state index contributed by atoms with van der Waals surface area (Å²) in [6, 6.07) is 9.49. The molecular formula is C12H14N2O. The molecule has 78 valence electrons. The fourth-order valence-corrected chi connectivity index (χ4v) is 1.73. The van der Waals surface area contributed by atoms with Crippen LogP contribution in [0.2, 0.25) is 0 Å². The molecular weight excluding hydrogens is 188 g/mol. The summed E-state index contributed by atoms with van der Waals surface area (Å²) >= 11 is 0. The van der Waals surface area contributed by atoms with Crippen LogP contribution >= 0.6 is 0 Å². The second-order valence-electron chi connectivity index (χ2n) is 3.77. The number of nitrogens with zero attached hydrogens (tertiary/aromatic N) is 1. The minimum absolute atomic E-state index is 0.136. The van der Waals surface area contributed by atoms with Gasteiger partial charge in [-0.1, -0.05) is 24.3 Å². The molecule has 3 nitrogen and oxygen atoms in total. The normalized spacial score (nSPS) is 10.5. The highest BCUT2D eigenvalue weighted by Crippen LogP contribution is 2.36. The van der Waals surface area contributed by atoms with Crippen LogP contribution in [-0.4, -0.2) is 19.2 Å². The highest BCUT2D eigenvalue weighted by atomic mass is 16.3. The Hall–Kier alpha value is -1.90. The van der Waals surface area contributed by atoms with E-state index in [1.807, 2.05) is 43.3 Å². The third kappa shape index (κ3) is 1.46. The van der Waals surface area contributed by atoms with Crippen molar-refractivity contribution in [2.45, 2.75) is 0 Å². The average Bonchev–Trinajstić information content (AvgIpc) is 2.23. The van der Waals surface area contributed by atoms with Gasteiger partial charge in [0.2, 0.25) is 0 Å². The summed E-state index contributed by atoms with van der Waals surface area (Å²) in [4.78, 5) is 1.96. The van der Waals surface area contributed by atoms with Gasteiger partial charge in [-0.15, -0.1) is 0 Å².